The highest BCUT2D eigenvalue weighted by molar-refractivity contribution is 8.77. The number of ketones is 1. The van der Waals surface area contributed by atoms with Crippen LogP contribution in [0.25, 0.3) is 44.2 Å². The number of carbonyl (C=O) groups excluding carboxylic acids is 1. The molecule has 13 nitrogen and oxygen atoms in total. The average molecular weight is 1510 g/mol. The number of phenols is 3. The van der Waals surface area contributed by atoms with Gasteiger partial charge in [-0.3, -0.25) is 9.59 Å². The lowest BCUT2D eigenvalue weighted by atomic mass is 9.62. The molecular formula is C80H83NO12S8. The molecule has 24 bridgehead atoms. The number of nitrogens with one attached hydrogen (secondary N) is 1. The minimum atomic E-state index is -1.21. The Balaban J connectivity index is 0.956. The van der Waals surface area contributed by atoms with E-state index in [1.54, 1.807) is 70.8 Å². The fraction of sp³-hybridized carbons (Fsp3) is 0.450. The van der Waals surface area contributed by atoms with Gasteiger partial charge < -0.3 is 55.3 Å². The van der Waals surface area contributed by atoms with Crippen LogP contribution in [0.2, 0.25) is 0 Å². The minimum absolute atomic E-state index is 0.00390. The Hall–Kier alpha value is -4.72. The summed E-state index contributed by atoms with van der Waals surface area (Å²) in [7, 11) is 13.8. The third-order valence-electron chi connectivity index (χ3n) is 23.4. The molecular weight excluding hydrogens is 1420 g/mol. The molecule has 21 heteroatoms. The van der Waals surface area contributed by atoms with E-state index in [2.05, 4.69) is 85.9 Å². The van der Waals surface area contributed by atoms with Crippen molar-refractivity contribution >= 4 is 114 Å². The monoisotopic (exact) mass is 1510 g/mol. The first-order chi connectivity index (χ1) is 49.1. The van der Waals surface area contributed by atoms with Crippen molar-refractivity contribution < 1.29 is 54.8 Å². The van der Waals surface area contributed by atoms with Crippen LogP contribution in [0.4, 0.5) is 0 Å². The number of ether oxygens (including phenoxy) is 1. The smallest absolute Gasteiger partial charge is 0.238 e. The molecule has 1 spiro atoms. The Morgan fingerprint density at radius 1 is 0.703 bits per heavy atom. The average Bonchev–Trinajstić information content (AvgIpc) is 1.05. The maximum Gasteiger partial charge on any atom is 0.238 e. The molecule has 11 aliphatic heterocycles. The van der Waals surface area contributed by atoms with Gasteiger partial charge in [0.25, 0.3) is 0 Å². The van der Waals surface area contributed by atoms with Crippen molar-refractivity contribution in [3.63, 3.8) is 0 Å². The predicted molar refractivity (Wildman–Crippen MR) is 418 cm³/mol. The number of fused-ring (bicyclic) bond motifs is 5. The molecule has 21 rings (SSSR count). The molecule has 1 aromatic heterocycles. The third-order valence-corrected chi connectivity index (χ3v) is 34.1. The zero-order chi connectivity index (χ0) is 69.3. The molecule has 12 heterocycles. The molecule has 2 fully saturated rings. The highest BCUT2D eigenvalue weighted by Crippen LogP contribution is 2.66. The van der Waals surface area contributed by atoms with E-state index < -0.39 is 46.1 Å². The zero-order valence-electron chi connectivity index (χ0n) is 56.3. The maximum atomic E-state index is 16.2. The van der Waals surface area contributed by atoms with E-state index in [-0.39, 0.29) is 125 Å². The van der Waals surface area contributed by atoms with E-state index in [1.165, 1.54) is 11.6 Å². The minimum Gasteiger partial charge on any atom is -0.508 e. The molecule has 12 atom stereocenters. The van der Waals surface area contributed by atoms with Crippen LogP contribution in [0.1, 0.15) is 166 Å². The normalized spacial score (nSPS) is 27.5. The van der Waals surface area contributed by atoms with Crippen LogP contribution in [0.3, 0.4) is 0 Å². The van der Waals surface area contributed by atoms with Crippen molar-refractivity contribution in [2.45, 2.75) is 173 Å². The first-order valence-electron chi connectivity index (χ1n) is 35.8. The Morgan fingerprint density at radius 2 is 1.50 bits per heavy atom. The summed E-state index contributed by atoms with van der Waals surface area (Å²) in [6.45, 7) is 4.06. The number of carbonyl (C=O) groups is 1. The molecule has 9 N–H and O–H groups in total. The number of Topliss-reactive ketones (excluding diaryl/α,β-unsaturated/α-hetero) is 1. The van der Waals surface area contributed by atoms with Gasteiger partial charge in [0.1, 0.15) is 45.9 Å². The summed E-state index contributed by atoms with van der Waals surface area (Å²) in [6.07, 6.45) is 2.64. The molecule has 101 heavy (non-hydrogen) atoms. The summed E-state index contributed by atoms with van der Waals surface area (Å²) in [5, 5.41) is 107. The van der Waals surface area contributed by atoms with Crippen LogP contribution in [-0.2, 0) is 65.3 Å². The van der Waals surface area contributed by atoms with E-state index in [0.29, 0.717) is 114 Å². The van der Waals surface area contributed by atoms with Gasteiger partial charge in [0.15, 0.2) is 5.76 Å². The number of phenolic OH excluding ortho intramolecular Hbond substituents is 3. The van der Waals surface area contributed by atoms with Crippen molar-refractivity contribution in [1.29, 1.82) is 0 Å². The van der Waals surface area contributed by atoms with Gasteiger partial charge in [-0.15, -0.1) is 0 Å². The second-order valence-corrected chi connectivity index (χ2v) is 40.3. The largest absolute Gasteiger partial charge is 0.508 e. The molecule has 0 saturated carbocycles. The number of hydrogen-bond donors (Lipinski definition) is 9. The third kappa shape index (κ3) is 12.2. The second-order valence-electron chi connectivity index (χ2n) is 29.9. The van der Waals surface area contributed by atoms with Gasteiger partial charge >= 0.3 is 0 Å². The molecule has 2 saturated heterocycles. The van der Waals surface area contributed by atoms with Gasteiger partial charge in [0, 0.05) is 101 Å². The summed E-state index contributed by atoms with van der Waals surface area (Å²) in [5.74, 6) is 1.56. The van der Waals surface area contributed by atoms with Crippen LogP contribution in [0, 0.1) is 17.8 Å². The van der Waals surface area contributed by atoms with Gasteiger partial charge in [0.2, 0.25) is 11.2 Å². The summed E-state index contributed by atoms with van der Waals surface area (Å²) in [4.78, 5) is 31.6. The molecule has 12 unspecified atom stereocenters. The topological polar surface area (TPSA) is 230 Å². The van der Waals surface area contributed by atoms with Gasteiger partial charge in [-0.2, -0.15) is 0 Å². The first kappa shape index (κ1) is 69.3. The zero-order valence-corrected chi connectivity index (χ0v) is 62.9. The number of aliphatic hydroxyl groups excluding tert-OH is 4. The Kier molecular flexibility index (Phi) is 19.4. The quantitative estimate of drug-likeness (QED) is 0.0676. The van der Waals surface area contributed by atoms with Crippen molar-refractivity contribution in [3.8, 4) is 51.2 Å². The number of aromatic hydroxyl groups is 4. The summed E-state index contributed by atoms with van der Waals surface area (Å²) in [6, 6.07) is 29.1. The van der Waals surface area contributed by atoms with Crippen LogP contribution in [0.15, 0.2) is 94.1 Å². The van der Waals surface area contributed by atoms with E-state index in [4.69, 9.17) is 9.15 Å². The number of piperidine rings is 1. The molecule has 528 valence electrons. The van der Waals surface area contributed by atoms with Gasteiger partial charge in [-0.1, -0.05) is 161 Å². The Labute approximate surface area is 619 Å². The molecule has 0 amide bonds. The molecule has 2 aliphatic carbocycles. The van der Waals surface area contributed by atoms with Crippen LogP contribution in [-0.4, -0.2) is 107 Å². The maximum absolute atomic E-state index is 16.2. The van der Waals surface area contributed by atoms with Crippen molar-refractivity contribution in [2.75, 3.05) is 30.5 Å². The van der Waals surface area contributed by atoms with Gasteiger partial charge in [-0.05, 0) is 207 Å². The van der Waals surface area contributed by atoms with Crippen LogP contribution < -0.4 is 15.5 Å². The summed E-state index contributed by atoms with van der Waals surface area (Å²) < 4.78 is 13.3. The number of hydrogen-bond acceptors (Lipinski definition) is 21. The summed E-state index contributed by atoms with van der Waals surface area (Å²) in [5.41, 5.74) is 13.7. The van der Waals surface area contributed by atoms with E-state index in [1.807, 2.05) is 27.7 Å². The lowest BCUT2D eigenvalue weighted by molar-refractivity contribution is -0.119. The van der Waals surface area contributed by atoms with Gasteiger partial charge in [0.05, 0.1) is 28.4 Å². The Bertz CT molecular complexity index is 4720. The first-order valence-corrected chi connectivity index (χ1v) is 45.4. The molecule has 13 aliphatic rings. The van der Waals surface area contributed by atoms with E-state index in [9.17, 15) is 40.9 Å². The van der Waals surface area contributed by atoms with Crippen molar-refractivity contribution in [2.24, 2.45) is 17.8 Å². The Morgan fingerprint density at radius 3 is 2.33 bits per heavy atom. The van der Waals surface area contributed by atoms with Gasteiger partial charge in [-0.25, -0.2) is 0 Å². The number of benzene rings is 7. The fourth-order valence-electron chi connectivity index (χ4n) is 18.7. The van der Waals surface area contributed by atoms with Crippen LogP contribution >= 0.6 is 86.4 Å². The van der Waals surface area contributed by atoms with Crippen molar-refractivity contribution in [3.05, 3.63) is 179 Å². The molecule has 0 radical (unpaired) electrons. The second kappa shape index (κ2) is 28.2. The lowest BCUT2D eigenvalue weighted by Crippen LogP contribution is -2.50. The SMILES string of the molecule is CC(C)Cc1cc2c3c(c1O)Cc1cccc(c1)C1NC4CSSCC(C(=O)Cc5cc(O)c6c(c5)CSSCc5cc7c8c9c(cc%10c8c5CC(CCCO)C%10CCO)-c5c(O)cc8oc-2c(O)c(=O)c8c5OC2CC9C(O)C7(C6)SSCCCC2O)c2cccc(c2)CC4CC1SSC3. The lowest BCUT2D eigenvalue weighted by Gasteiger charge is -2.50. The van der Waals surface area contributed by atoms with Crippen molar-refractivity contribution in [1.82, 2.24) is 5.32 Å². The number of rotatable bonds is 7. The highest BCUT2D eigenvalue weighted by Gasteiger charge is 2.55. The molecule has 7 aromatic carbocycles. The predicted octanol–water partition coefficient (Wildman–Crippen LogP) is 16.4. The number of aliphatic hydroxyl groups is 4. The van der Waals surface area contributed by atoms with Crippen LogP contribution in [0.5, 0.6) is 28.7 Å². The highest BCUT2D eigenvalue weighted by atomic mass is 33.1. The standard InChI is InChI=1S/C80H83NO12S8/c1-38(2)17-46-26-53-58-36-99-100-67-28-45-20-39-7-3-9-42(18-39)57(35-97-98-37-60(45)81-73(67)44-10-4-8-40(19-44)22-52(58)74(46)88)63(86)24-41-21-47-33-95-96-34-48-27-59-71-68-50(48)25-43(11-5-14-82)49(13-15-83)51(68)29-54-69(71)55-30-65(92-78-70(54)64(87)31-66-72(78)75(89)76(90)77(53)93-66)61(84)12-6-16-94-101-80(59,79(55)91)32-56(47)62(85)23-41/h3-4,7-10,18-19,21,23,26-27,29,31,38,43,45,49,55,57,60-61,65,67,73,79,81-85,87-88,90-91H,5-6,11-17,20,22,24-25,28,30,32-37H2,1-2H3. The van der Waals surface area contributed by atoms with E-state index >= 15 is 9.59 Å². The van der Waals surface area contributed by atoms with E-state index in [0.717, 1.165) is 85.0 Å². The summed E-state index contributed by atoms with van der Waals surface area (Å²) >= 11 is 0. The fourth-order valence-corrected chi connectivity index (χ4v) is 29.8. The molecule has 8 aromatic rings.